The summed E-state index contributed by atoms with van der Waals surface area (Å²) in [6.45, 7) is 1.40. The maximum atomic E-state index is 12.0. The summed E-state index contributed by atoms with van der Waals surface area (Å²) in [6.07, 6.45) is 4.32. The number of aromatic amines is 1. The fraction of sp³-hybridized carbons (Fsp3) is 0.300. The minimum atomic E-state index is -3.76. The lowest BCUT2D eigenvalue weighted by Crippen LogP contribution is -2.25. The molecule has 0 aliphatic carbocycles. The molecule has 0 fully saturated rings. The summed E-state index contributed by atoms with van der Waals surface area (Å²) < 4.78 is 26.3. The van der Waals surface area contributed by atoms with Crippen molar-refractivity contribution in [3.05, 3.63) is 35.5 Å². The van der Waals surface area contributed by atoms with Crippen LogP contribution in [0.5, 0.6) is 0 Å². The average molecular weight is 283 g/mol. The summed E-state index contributed by atoms with van der Waals surface area (Å²) in [5.74, 6) is 0. The van der Waals surface area contributed by atoms with Crippen molar-refractivity contribution in [2.75, 3.05) is 0 Å². The van der Waals surface area contributed by atoms with E-state index in [-0.39, 0.29) is 17.1 Å². The van der Waals surface area contributed by atoms with Crippen LogP contribution in [-0.2, 0) is 23.2 Å². The molecule has 0 spiro atoms. The molecule has 2 aromatic heterocycles. The second-order valence-electron chi connectivity index (χ2n) is 3.86. The molecule has 0 atom stereocenters. The third kappa shape index (κ3) is 3.13. The Hall–Kier alpha value is -1.84. The van der Waals surface area contributed by atoms with Crippen LogP contribution in [0.15, 0.2) is 23.6 Å². The van der Waals surface area contributed by atoms with Crippen LogP contribution in [0.4, 0.5) is 0 Å². The van der Waals surface area contributed by atoms with Crippen LogP contribution in [0.3, 0.4) is 0 Å². The lowest BCUT2D eigenvalue weighted by Gasteiger charge is -2.05. The Bertz CT molecular complexity index is 650. The number of aliphatic hydroxyl groups excluding tert-OH is 1. The number of rotatable bonds is 5. The highest BCUT2D eigenvalue weighted by Crippen LogP contribution is 2.11. The van der Waals surface area contributed by atoms with E-state index in [1.54, 1.807) is 13.1 Å². The summed E-state index contributed by atoms with van der Waals surface area (Å²) in [4.78, 5) is 8.06. The third-order valence-electron chi connectivity index (χ3n) is 2.39. The molecule has 2 rings (SSSR count). The van der Waals surface area contributed by atoms with Crippen molar-refractivity contribution in [3.63, 3.8) is 0 Å². The minimum Gasteiger partial charge on any atom is -0.392 e. The Balaban J connectivity index is 2.12. The standard InChI is InChI=1S/C10H13N5O3S/c1-7-2-12-9(4-11-7)5-14-19(17,18)10-8(6-16)3-13-15-10/h2-4,14,16H,5-6H2,1H3,(H,13,15). The Morgan fingerprint density at radius 3 is 2.74 bits per heavy atom. The lowest BCUT2D eigenvalue weighted by atomic mass is 10.4. The van der Waals surface area contributed by atoms with Crippen LogP contribution >= 0.6 is 0 Å². The summed E-state index contributed by atoms with van der Waals surface area (Å²) in [5, 5.41) is 14.8. The van der Waals surface area contributed by atoms with E-state index in [0.29, 0.717) is 5.69 Å². The maximum absolute atomic E-state index is 12.0. The number of nitrogens with zero attached hydrogens (tertiary/aromatic N) is 3. The average Bonchev–Trinajstić information content (AvgIpc) is 2.87. The molecule has 8 nitrogen and oxygen atoms in total. The number of aryl methyl sites for hydroxylation is 1. The van der Waals surface area contributed by atoms with Gasteiger partial charge in [-0.1, -0.05) is 0 Å². The molecule has 9 heteroatoms. The van der Waals surface area contributed by atoms with Gasteiger partial charge < -0.3 is 5.11 Å². The van der Waals surface area contributed by atoms with Gasteiger partial charge in [0.15, 0.2) is 5.03 Å². The molecule has 0 radical (unpaired) electrons. The monoisotopic (exact) mass is 283 g/mol. The first-order chi connectivity index (χ1) is 9.03. The third-order valence-corrected chi connectivity index (χ3v) is 3.81. The highest BCUT2D eigenvalue weighted by atomic mass is 32.2. The first-order valence-corrected chi connectivity index (χ1v) is 6.91. The quantitative estimate of drug-likeness (QED) is 0.679. The number of sulfonamides is 1. The first kappa shape index (κ1) is 13.6. The van der Waals surface area contributed by atoms with E-state index in [1.165, 1.54) is 12.4 Å². The molecular weight excluding hydrogens is 270 g/mol. The number of hydrogen-bond donors (Lipinski definition) is 3. The van der Waals surface area contributed by atoms with Crippen molar-refractivity contribution in [2.45, 2.75) is 25.1 Å². The minimum absolute atomic E-state index is 0.0134. The second kappa shape index (κ2) is 5.43. The van der Waals surface area contributed by atoms with Crippen LogP contribution in [0.25, 0.3) is 0 Å². The molecule has 0 amide bonds. The molecular formula is C10H13N5O3S. The van der Waals surface area contributed by atoms with E-state index >= 15 is 0 Å². The van der Waals surface area contributed by atoms with Crippen LogP contribution in [0.2, 0.25) is 0 Å². The predicted octanol–water partition coefficient (Wildman–Crippen LogP) is -0.521. The molecule has 0 aromatic carbocycles. The Morgan fingerprint density at radius 1 is 1.32 bits per heavy atom. The van der Waals surface area contributed by atoms with E-state index in [2.05, 4.69) is 24.9 Å². The van der Waals surface area contributed by atoms with Crippen LogP contribution in [0, 0.1) is 6.92 Å². The van der Waals surface area contributed by atoms with Gasteiger partial charge >= 0.3 is 0 Å². The fourth-order valence-electron chi connectivity index (χ4n) is 1.40. The van der Waals surface area contributed by atoms with Gasteiger partial charge in [0.25, 0.3) is 10.0 Å². The number of nitrogens with one attached hydrogen (secondary N) is 2. The Morgan fingerprint density at radius 2 is 2.11 bits per heavy atom. The topological polar surface area (TPSA) is 121 Å². The van der Waals surface area contributed by atoms with Crippen molar-refractivity contribution in [1.82, 2.24) is 24.9 Å². The highest BCUT2D eigenvalue weighted by molar-refractivity contribution is 7.89. The highest BCUT2D eigenvalue weighted by Gasteiger charge is 2.20. The Labute approximate surface area is 110 Å². The Kier molecular flexibility index (Phi) is 3.88. The number of aliphatic hydroxyl groups is 1. The van der Waals surface area contributed by atoms with Crippen molar-refractivity contribution in [1.29, 1.82) is 0 Å². The van der Waals surface area contributed by atoms with Gasteiger partial charge in [-0.05, 0) is 6.92 Å². The van der Waals surface area contributed by atoms with Crippen LogP contribution < -0.4 is 4.72 Å². The SMILES string of the molecule is Cc1cnc(CNS(=O)(=O)c2[nH]ncc2CO)cn1. The molecule has 2 aromatic rings. The van der Waals surface area contributed by atoms with Crippen molar-refractivity contribution in [3.8, 4) is 0 Å². The van der Waals surface area contributed by atoms with E-state index in [4.69, 9.17) is 5.11 Å². The largest absolute Gasteiger partial charge is 0.392 e. The normalized spacial score (nSPS) is 11.7. The van der Waals surface area contributed by atoms with Gasteiger partial charge in [-0.25, -0.2) is 13.1 Å². The molecule has 0 aliphatic heterocycles. The van der Waals surface area contributed by atoms with Crippen molar-refractivity contribution in [2.24, 2.45) is 0 Å². The van der Waals surface area contributed by atoms with Crippen LogP contribution in [0.1, 0.15) is 17.0 Å². The van der Waals surface area contributed by atoms with E-state index in [0.717, 1.165) is 5.69 Å². The first-order valence-electron chi connectivity index (χ1n) is 5.43. The number of hydrogen-bond acceptors (Lipinski definition) is 6. The molecule has 0 saturated carbocycles. The number of aromatic nitrogens is 4. The van der Waals surface area contributed by atoms with Crippen LogP contribution in [-0.4, -0.2) is 33.7 Å². The molecule has 3 N–H and O–H groups in total. The molecule has 19 heavy (non-hydrogen) atoms. The predicted molar refractivity (Wildman–Crippen MR) is 65.3 cm³/mol. The molecule has 2 heterocycles. The van der Waals surface area contributed by atoms with Gasteiger partial charge in [0, 0.05) is 11.8 Å². The molecule has 0 unspecified atom stereocenters. The molecule has 102 valence electrons. The number of H-pyrrole nitrogens is 1. The summed E-state index contributed by atoms with van der Waals surface area (Å²) in [5.41, 5.74) is 1.46. The summed E-state index contributed by atoms with van der Waals surface area (Å²) in [7, 11) is -3.76. The maximum Gasteiger partial charge on any atom is 0.258 e. The van der Waals surface area contributed by atoms with E-state index in [9.17, 15) is 8.42 Å². The van der Waals surface area contributed by atoms with Gasteiger partial charge in [0.2, 0.25) is 0 Å². The lowest BCUT2D eigenvalue weighted by molar-refractivity contribution is 0.278. The van der Waals surface area contributed by atoms with Gasteiger partial charge in [0.05, 0.1) is 36.9 Å². The van der Waals surface area contributed by atoms with Gasteiger partial charge in [-0.3, -0.25) is 15.1 Å². The molecule has 0 saturated heterocycles. The summed E-state index contributed by atoms with van der Waals surface area (Å²) >= 11 is 0. The molecule has 0 aliphatic rings. The van der Waals surface area contributed by atoms with Gasteiger partial charge in [0.1, 0.15) is 0 Å². The smallest absolute Gasteiger partial charge is 0.258 e. The van der Waals surface area contributed by atoms with Gasteiger partial charge in [-0.2, -0.15) is 5.10 Å². The van der Waals surface area contributed by atoms with Crippen molar-refractivity contribution < 1.29 is 13.5 Å². The van der Waals surface area contributed by atoms with E-state index < -0.39 is 16.6 Å². The zero-order valence-electron chi connectivity index (χ0n) is 10.2. The van der Waals surface area contributed by atoms with Gasteiger partial charge in [-0.15, -0.1) is 0 Å². The zero-order chi connectivity index (χ0) is 13.9. The van der Waals surface area contributed by atoms with Crippen molar-refractivity contribution >= 4 is 10.0 Å². The fourth-order valence-corrected chi connectivity index (χ4v) is 2.51. The van der Waals surface area contributed by atoms with E-state index in [1.807, 2.05) is 0 Å². The molecule has 0 bridgehead atoms. The zero-order valence-corrected chi connectivity index (χ0v) is 11.0. The second-order valence-corrected chi connectivity index (χ2v) is 5.56. The summed E-state index contributed by atoms with van der Waals surface area (Å²) in [6, 6.07) is 0.